The van der Waals surface area contributed by atoms with Gasteiger partial charge in [0.25, 0.3) is 5.91 Å². The molecule has 1 aromatic carbocycles. The molecule has 0 radical (unpaired) electrons. The minimum absolute atomic E-state index is 0.0384. The van der Waals surface area contributed by atoms with Crippen LogP contribution < -0.4 is 10.6 Å². The third kappa shape index (κ3) is 4.42. The van der Waals surface area contributed by atoms with Crippen molar-refractivity contribution in [2.75, 3.05) is 23.7 Å². The first-order valence-corrected chi connectivity index (χ1v) is 10.5. The first kappa shape index (κ1) is 18.7. The Bertz CT molecular complexity index is 876. The summed E-state index contributed by atoms with van der Waals surface area (Å²) in [7, 11) is 0. The topological polar surface area (TPSA) is 78.5 Å². The zero-order valence-corrected chi connectivity index (χ0v) is 16.3. The summed E-state index contributed by atoms with van der Waals surface area (Å²) in [5.74, 6) is -0.169. The van der Waals surface area contributed by atoms with Gasteiger partial charge in [0, 0.05) is 24.7 Å². The van der Waals surface area contributed by atoms with E-state index in [0.29, 0.717) is 23.0 Å². The number of benzene rings is 1. The highest BCUT2D eigenvalue weighted by atomic mass is 32.1. The number of nitrogens with zero attached hydrogens (tertiary/aromatic N) is 1. The number of hydrogen-bond donors (Lipinski definition) is 2. The number of piperidine rings is 1. The Hall–Kier alpha value is -2.67. The van der Waals surface area contributed by atoms with Crippen molar-refractivity contribution in [2.45, 2.75) is 25.7 Å². The van der Waals surface area contributed by atoms with Crippen LogP contribution in [0.5, 0.6) is 0 Å². The number of thiophene rings is 1. The molecule has 0 unspecified atom stereocenters. The summed E-state index contributed by atoms with van der Waals surface area (Å²) < 4.78 is 0. The monoisotopic (exact) mass is 397 g/mol. The summed E-state index contributed by atoms with van der Waals surface area (Å²) in [6.07, 6.45) is 3.47. The number of hydrogen-bond acceptors (Lipinski definition) is 4. The van der Waals surface area contributed by atoms with Crippen LogP contribution in [0.15, 0.2) is 42.5 Å². The standard InChI is InChI=1S/C21H23N3O3S/c25-19(14-8-9-14)23-18-11-10-17(28-18)21(27)24-12-4-5-15(13-24)20(26)22-16-6-2-1-3-7-16/h1-3,6-7,10-11,14-15H,4-5,8-9,12-13H2,(H,22,26)(H,23,25)/t15-/m1/s1. The average molecular weight is 398 g/mol. The molecule has 7 heteroatoms. The summed E-state index contributed by atoms with van der Waals surface area (Å²) >= 11 is 1.30. The van der Waals surface area contributed by atoms with Gasteiger partial charge in [-0.1, -0.05) is 18.2 Å². The van der Waals surface area contributed by atoms with Crippen molar-refractivity contribution in [3.8, 4) is 0 Å². The number of anilines is 2. The van der Waals surface area contributed by atoms with Crippen molar-refractivity contribution >= 4 is 39.7 Å². The Morgan fingerprint density at radius 2 is 1.64 bits per heavy atom. The van der Waals surface area contributed by atoms with Crippen LogP contribution in [-0.2, 0) is 9.59 Å². The van der Waals surface area contributed by atoms with Gasteiger partial charge in [0.1, 0.15) is 0 Å². The van der Waals surface area contributed by atoms with Gasteiger partial charge in [-0.05, 0) is 49.9 Å². The smallest absolute Gasteiger partial charge is 0.264 e. The predicted molar refractivity (Wildman–Crippen MR) is 109 cm³/mol. The largest absolute Gasteiger partial charge is 0.337 e. The van der Waals surface area contributed by atoms with E-state index in [-0.39, 0.29) is 29.6 Å². The molecule has 4 rings (SSSR count). The van der Waals surface area contributed by atoms with E-state index in [1.54, 1.807) is 17.0 Å². The second-order valence-electron chi connectivity index (χ2n) is 7.37. The minimum Gasteiger partial charge on any atom is -0.337 e. The maximum absolute atomic E-state index is 12.9. The Kier molecular flexibility index (Phi) is 5.43. The highest BCUT2D eigenvalue weighted by molar-refractivity contribution is 7.18. The van der Waals surface area contributed by atoms with E-state index in [1.807, 2.05) is 30.3 Å². The van der Waals surface area contributed by atoms with Crippen LogP contribution in [0.25, 0.3) is 0 Å². The van der Waals surface area contributed by atoms with Crippen LogP contribution in [-0.4, -0.2) is 35.7 Å². The number of amides is 3. The van der Waals surface area contributed by atoms with Crippen LogP contribution in [0, 0.1) is 11.8 Å². The number of likely N-dealkylation sites (tertiary alicyclic amines) is 1. The van der Waals surface area contributed by atoms with E-state index in [1.165, 1.54) is 11.3 Å². The Labute approximate surface area is 167 Å². The molecule has 1 aliphatic carbocycles. The molecular formula is C21H23N3O3S. The second-order valence-corrected chi connectivity index (χ2v) is 8.46. The van der Waals surface area contributed by atoms with Crippen LogP contribution >= 0.6 is 11.3 Å². The van der Waals surface area contributed by atoms with Gasteiger partial charge in [-0.3, -0.25) is 14.4 Å². The fourth-order valence-electron chi connectivity index (χ4n) is 3.39. The van der Waals surface area contributed by atoms with E-state index in [4.69, 9.17) is 0 Å². The molecule has 0 bridgehead atoms. The lowest BCUT2D eigenvalue weighted by Gasteiger charge is -2.31. The lowest BCUT2D eigenvalue weighted by atomic mass is 9.97. The van der Waals surface area contributed by atoms with Crippen LogP contribution in [0.4, 0.5) is 10.7 Å². The van der Waals surface area contributed by atoms with Gasteiger partial charge in [0.15, 0.2) is 0 Å². The number of para-hydroxylation sites is 1. The van der Waals surface area contributed by atoms with Crippen LogP contribution in [0.1, 0.15) is 35.4 Å². The third-order valence-corrected chi connectivity index (χ3v) is 6.12. The lowest BCUT2D eigenvalue weighted by molar-refractivity contribution is -0.121. The maximum Gasteiger partial charge on any atom is 0.264 e. The van der Waals surface area contributed by atoms with Crippen molar-refractivity contribution < 1.29 is 14.4 Å². The second kappa shape index (κ2) is 8.14. The van der Waals surface area contributed by atoms with Gasteiger partial charge in [-0.25, -0.2) is 0 Å². The van der Waals surface area contributed by atoms with Crippen molar-refractivity contribution in [3.63, 3.8) is 0 Å². The highest BCUT2D eigenvalue weighted by Crippen LogP contribution is 2.32. The fraction of sp³-hybridized carbons (Fsp3) is 0.381. The summed E-state index contributed by atoms with van der Waals surface area (Å²) in [5.41, 5.74) is 0.769. The zero-order valence-electron chi connectivity index (χ0n) is 15.5. The number of carbonyl (C=O) groups is 3. The van der Waals surface area contributed by atoms with Gasteiger partial charge in [0.05, 0.1) is 15.8 Å². The molecule has 6 nitrogen and oxygen atoms in total. The van der Waals surface area contributed by atoms with Crippen molar-refractivity contribution in [3.05, 3.63) is 47.3 Å². The highest BCUT2D eigenvalue weighted by Gasteiger charge is 2.31. The molecule has 2 N–H and O–H groups in total. The molecule has 2 aromatic rings. The summed E-state index contributed by atoms with van der Waals surface area (Å²) in [5, 5.41) is 6.52. The Balaban J connectivity index is 1.36. The van der Waals surface area contributed by atoms with E-state index < -0.39 is 0 Å². The first-order valence-electron chi connectivity index (χ1n) is 9.66. The molecule has 0 spiro atoms. The SMILES string of the molecule is O=C(Nc1ccc(C(=O)N2CCC[C@@H](C(=O)Nc3ccccc3)C2)s1)C1CC1. The van der Waals surface area contributed by atoms with E-state index in [0.717, 1.165) is 31.4 Å². The molecule has 146 valence electrons. The quantitative estimate of drug-likeness (QED) is 0.809. The zero-order chi connectivity index (χ0) is 19.5. The van der Waals surface area contributed by atoms with E-state index >= 15 is 0 Å². The molecule has 2 aliphatic rings. The van der Waals surface area contributed by atoms with Crippen LogP contribution in [0.2, 0.25) is 0 Å². The van der Waals surface area contributed by atoms with Crippen LogP contribution in [0.3, 0.4) is 0 Å². The number of rotatable bonds is 5. The molecular weight excluding hydrogens is 374 g/mol. The molecule has 28 heavy (non-hydrogen) atoms. The number of nitrogens with one attached hydrogen (secondary N) is 2. The van der Waals surface area contributed by atoms with Gasteiger partial charge in [0.2, 0.25) is 11.8 Å². The lowest BCUT2D eigenvalue weighted by Crippen LogP contribution is -2.43. The summed E-state index contributed by atoms with van der Waals surface area (Å²) in [6, 6.07) is 12.9. The van der Waals surface area contributed by atoms with E-state index in [2.05, 4.69) is 10.6 Å². The first-order chi connectivity index (χ1) is 13.6. The van der Waals surface area contributed by atoms with Gasteiger partial charge in [-0.15, -0.1) is 11.3 Å². The summed E-state index contributed by atoms with van der Waals surface area (Å²) in [6.45, 7) is 1.06. The van der Waals surface area contributed by atoms with Crippen molar-refractivity contribution in [1.29, 1.82) is 0 Å². The average Bonchev–Trinajstić information content (AvgIpc) is 3.48. The fourth-order valence-corrected chi connectivity index (χ4v) is 4.26. The molecule has 1 saturated carbocycles. The molecule has 1 atom stereocenters. The van der Waals surface area contributed by atoms with Gasteiger partial charge >= 0.3 is 0 Å². The van der Waals surface area contributed by atoms with Crippen molar-refractivity contribution in [1.82, 2.24) is 4.90 Å². The molecule has 2 fully saturated rings. The van der Waals surface area contributed by atoms with Gasteiger partial charge in [-0.2, -0.15) is 0 Å². The third-order valence-electron chi connectivity index (χ3n) is 5.13. The molecule has 2 heterocycles. The minimum atomic E-state index is -0.216. The Morgan fingerprint density at radius 3 is 2.39 bits per heavy atom. The predicted octanol–water partition coefficient (Wildman–Crippen LogP) is 3.59. The molecule has 3 amide bonds. The normalized spacial score (nSPS) is 19.1. The molecule has 1 saturated heterocycles. The molecule has 1 aromatic heterocycles. The maximum atomic E-state index is 12.9. The summed E-state index contributed by atoms with van der Waals surface area (Å²) in [4.78, 5) is 39.7. The van der Waals surface area contributed by atoms with E-state index in [9.17, 15) is 14.4 Å². The van der Waals surface area contributed by atoms with Gasteiger partial charge < -0.3 is 15.5 Å². The van der Waals surface area contributed by atoms with Crippen molar-refractivity contribution in [2.24, 2.45) is 11.8 Å². The number of carbonyl (C=O) groups excluding carboxylic acids is 3. The Morgan fingerprint density at radius 1 is 0.893 bits per heavy atom. The molecule has 1 aliphatic heterocycles.